The monoisotopic (exact) mass is 428 g/mol. The van der Waals surface area contributed by atoms with Crippen molar-refractivity contribution >= 4 is 11.8 Å². The van der Waals surface area contributed by atoms with Crippen molar-refractivity contribution in [1.82, 2.24) is 20.8 Å². The highest BCUT2D eigenvalue weighted by Gasteiger charge is 2.23. The summed E-state index contributed by atoms with van der Waals surface area (Å²) >= 11 is 0. The van der Waals surface area contributed by atoms with E-state index < -0.39 is 5.91 Å². The zero-order chi connectivity index (χ0) is 22.3. The maximum Gasteiger partial charge on any atom is 0.315 e. The average molecular weight is 429 g/mol. The smallest absolute Gasteiger partial charge is 0.315 e. The number of ether oxygens (including phenoxy) is 1. The normalized spacial score (nSPS) is 14.8. The Balaban J connectivity index is 1.33. The molecule has 1 aromatic carbocycles. The zero-order valence-corrected chi connectivity index (χ0v) is 18.6. The molecular weight excluding hydrogens is 396 g/mol. The van der Waals surface area contributed by atoms with E-state index in [1.54, 1.807) is 0 Å². The number of rotatable bonds is 8. The van der Waals surface area contributed by atoms with Gasteiger partial charge in [-0.15, -0.1) is 0 Å². The molecule has 0 spiro atoms. The quantitative estimate of drug-likeness (QED) is 0.625. The van der Waals surface area contributed by atoms with Crippen LogP contribution in [-0.4, -0.2) is 41.7 Å². The third-order valence-corrected chi connectivity index (χ3v) is 5.43. The average Bonchev–Trinajstić information content (AvgIpc) is 3.26. The fourth-order valence-corrected chi connectivity index (χ4v) is 3.56. The van der Waals surface area contributed by atoms with Gasteiger partial charge in [0, 0.05) is 19.0 Å². The van der Waals surface area contributed by atoms with Gasteiger partial charge in [0.25, 0.3) is 5.91 Å². The molecule has 31 heavy (non-hydrogen) atoms. The van der Waals surface area contributed by atoms with Crippen LogP contribution < -0.4 is 15.4 Å². The largest absolute Gasteiger partial charge is 0.484 e. The lowest BCUT2D eigenvalue weighted by Crippen LogP contribution is -2.36. The van der Waals surface area contributed by atoms with Gasteiger partial charge in [0.15, 0.2) is 12.4 Å². The molecule has 8 heteroatoms. The molecular formula is C23H32N4O4. The molecule has 2 aromatic rings. The van der Waals surface area contributed by atoms with Gasteiger partial charge in [-0.25, -0.2) is 0 Å². The molecule has 0 aliphatic heterocycles. The minimum absolute atomic E-state index is 0.0334. The van der Waals surface area contributed by atoms with Crippen molar-refractivity contribution in [2.75, 3.05) is 19.7 Å². The molecule has 1 aromatic heterocycles. The summed E-state index contributed by atoms with van der Waals surface area (Å²) in [4.78, 5) is 28.3. The van der Waals surface area contributed by atoms with Crippen molar-refractivity contribution < 1.29 is 18.8 Å². The van der Waals surface area contributed by atoms with E-state index in [-0.39, 0.29) is 42.8 Å². The Morgan fingerprint density at radius 3 is 2.42 bits per heavy atom. The molecule has 0 atom stereocenters. The van der Waals surface area contributed by atoms with Crippen LogP contribution in [0.5, 0.6) is 5.75 Å². The summed E-state index contributed by atoms with van der Waals surface area (Å²) in [6.45, 7) is 6.87. The standard InChI is InChI=1S/C23H32N4O4/c1-23(2,3)17-9-11-18(12-10-17)30-15-19(28)24-13-14-25-21(29)22-26-20(27-31-22)16-7-5-4-6-8-16/h9-12,16H,4-8,13-15H2,1-3H3,(H,24,28)(H,25,29). The Morgan fingerprint density at radius 1 is 1.06 bits per heavy atom. The lowest BCUT2D eigenvalue weighted by molar-refractivity contribution is -0.123. The Hall–Kier alpha value is -2.90. The first kappa shape index (κ1) is 22.8. The van der Waals surface area contributed by atoms with Crippen LogP contribution in [0.4, 0.5) is 0 Å². The predicted molar refractivity (Wildman–Crippen MR) is 116 cm³/mol. The molecule has 1 fully saturated rings. The van der Waals surface area contributed by atoms with Gasteiger partial charge in [0.05, 0.1) is 0 Å². The first-order valence-corrected chi connectivity index (χ1v) is 10.9. The lowest BCUT2D eigenvalue weighted by atomic mass is 9.87. The Labute approximate surface area is 183 Å². The summed E-state index contributed by atoms with van der Waals surface area (Å²) in [6, 6.07) is 7.72. The molecule has 168 valence electrons. The zero-order valence-electron chi connectivity index (χ0n) is 18.6. The maximum absolute atomic E-state index is 12.1. The van der Waals surface area contributed by atoms with Crippen molar-refractivity contribution in [3.63, 3.8) is 0 Å². The van der Waals surface area contributed by atoms with Gasteiger partial charge in [-0.1, -0.05) is 57.3 Å². The minimum Gasteiger partial charge on any atom is -0.484 e. The van der Waals surface area contributed by atoms with Crippen LogP contribution >= 0.6 is 0 Å². The van der Waals surface area contributed by atoms with Crippen LogP contribution in [0.25, 0.3) is 0 Å². The van der Waals surface area contributed by atoms with Gasteiger partial charge in [0.2, 0.25) is 0 Å². The lowest BCUT2D eigenvalue weighted by Gasteiger charge is -2.19. The number of hydrogen-bond donors (Lipinski definition) is 2. The number of aromatic nitrogens is 2. The number of nitrogens with zero attached hydrogens (tertiary/aromatic N) is 2. The molecule has 3 rings (SSSR count). The third-order valence-electron chi connectivity index (χ3n) is 5.43. The van der Waals surface area contributed by atoms with E-state index in [4.69, 9.17) is 9.26 Å². The van der Waals surface area contributed by atoms with E-state index in [0.29, 0.717) is 11.6 Å². The fourth-order valence-electron chi connectivity index (χ4n) is 3.56. The molecule has 1 heterocycles. The number of nitrogens with one attached hydrogen (secondary N) is 2. The van der Waals surface area contributed by atoms with Gasteiger partial charge in [-0.3, -0.25) is 9.59 Å². The SMILES string of the molecule is CC(C)(C)c1ccc(OCC(=O)NCCNC(=O)c2nc(C3CCCCC3)no2)cc1. The molecule has 1 saturated carbocycles. The molecule has 2 N–H and O–H groups in total. The van der Waals surface area contributed by atoms with E-state index >= 15 is 0 Å². The van der Waals surface area contributed by atoms with E-state index in [0.717, 1.165) is 25.7 Å². The Morgan fingerprint density at radius 2 is 1.74 bits per heavy atom. The van der Waals surface area contributed by atoms with Crippen LogP contribution in [0, 0.1) is 0 Å². The van der Waals surface area contributed by atoms with E-state index in [2.05, 4.69) is 41.5 Å². The third kappa shape index (κ3) is 6.80. The number of benzene rings is 1. The van der Waals surface area contributed by atoms with Crippen LogP contribution in [0.2, 0.25) is 0 Å². The summed E-state index contributed by atoms with van der Waals surface area (Å²) < 4.78 is 10.6. The van der Waals surface area contributed by atoms with Crippen LogP contribution in [0.15, 0.2) is 28.8 Å². The number of amides is 2. The van der Waals surface area contributed by atoms with Gasteiger partial charge >= 0.3 is 11.8 Å². The van der Waals surface area contributed by atoms with Crippen molar-refractivity contribution in [3.8, 4) is 5.75 Å². The topological polar surface area (TPSA) is 106 Å². The summed E-state index contributed by atoms with van der Waals surface area (Å²) in [5, 5.41) is 9.34. The van der Waals surface area contributed by atoms with Crippen molar-refractivity contribution in [2.45, 2.75) is 64.2 Å². The van der Waals surface area contributed by atoms with Gasteiger partial charge < -0.3 is 19.9 Å². The van der Waals surface area contributed by atoms with Gasteiger partial charge in [0.1, 0.15) is 5.75 Å². The van der Waals surface area contributed by atoms with Crippen LogP contribution in [0.3, 0.4) is 0 Å². The highest BCUT2D eigenvalue weighted by Crippen LogP contribution is 2.30. The Kier molecular flexibility index (Phi) is 7.65. The molecule has 0 saturated heterocycles. The molecule has 1 aliphatic carbocycles. The van der Waals surface area contributed by atoms with Crippen molar-refractivity contribution in [3.05, 3.63) is 41.5 Å². The highest BCUT2D eigenvalue weighted by molar-refractivity contribution is 5.89. The number of carbonyl (C=O) groups is 2. The first-order chi connectivity index (χ1) is 14.8. The second kappa shape index (κ2) is 10.4. The van der Waals surface area contributed by atoms with E-state index in [1.807, 2.05) is 24.3 Å². The summed E-state index contributed by atoms with van der Waals surface area (Å²) in [5.41, 5.74) is 1.27. The highest BCUT2D eigenvalue weighted by atomic mass is 16.5. The second-order valence-corrected chi connectivity index (χ2v) is 8.96. The van der Waals surface area contributed by atoms with E-state index in [9.17, 15) is 9.59 Å². The van der Waals surface area contributed by atoms with Crippen molar-refractivity contribution in [2.24, 2.45) is 0 Å². The fraction of sp³-hybridized carbons (Fsp3) is 0.565. The molecule has 8 nitrogen and oxygen atoms in total. The first-order valence-electron chi connectivity index (χ1n) is 10.9. The molecule has 0 unspecified atom stereocenters. The number of carbonyl (C=O) groups excluding carboxylic acids is 2. The minimum atomic E-state index is -0.431. The molecule has 2 amide bonds. The van der Waals surface area contributed by atoms with Gasteiger partial charge in [-0.2, -0.15) is 4.98 Å². The summed E-state index contributed by atoms with van der Waals surface area (Å²) in [7, 11) is 0. The summed E-state index contributed by atoms with van der Waals surface area (Å²) in [6.07, 6.45) is 5.63. The van der Waals surface area contributed by atoms with Crippen LogP contribution in [0.1, 0.15) is 80.9 Å². The Bertz CT molecular complexity index is 864. The molecule has 0 radical (unpaired) electrons. The summed E-state index contributed by atoms with van der Waals surface area (Å²) in [5.74, 6) is 0.815. The van der Waals surface area contributed by atoms with Gasteiger partial charge in [-0.05, 0) is 36.0 Å². The van der Waals surface area contributed by atoms with Crippen molar-refractivity contribution in [1.29, 1.82) is 0 Å². The van der Waals surface area contributed by atoms with Crippen LogP contribution in [-0.2, 0) is 10.2 Å². The molecule has 0 bridgehead atoms. The second-order valence-electron chi connectivity index (χ2n) is 8.96. The predicted octanol–water partition coefficient (Wildman–Crippen LogP) is 3.34. The maximum atomic E-state index is 12.1. The number of hydrogen-bond acceptors (Lipinski definition) is 6. The molecule has 1 aliphatic rings. The van der Waals surface area contributed by atoms with E-state index in [1.165, 1.54) is 12.0 Å².